The first-order valence-corrected chi connectivity index (χ1v) is 7.44. The van der Waals surface area contributed by atoms with Gasteiger partial charge in [0.2, 0.25) is 5.88 Å². The first kappa shape index (κ1) is 20.5. The fourth-order valence-electron chi connectivity index (χ4n) is 1.82. The van der Waals surface area contributed by atoms with E-state index < -0.39 is 30.7 Å². The summed E-state index contributed by atoms with van der Waals surface area (Å²) < 4.78 is 40.6. The summed E-state index contributed by atoms with van der Waals surface area (Å²) >= 11 is 0. The molecule has 0 spiro atoms. The third kappa shape index (κ3) is 8.23. The summed E-state index contributed by atoms with van der Waals surface area (Å²) in [4.78, 5) is 27.6. The zero-order valence-electron chi connectivity index (χ0n) is 13.8. The number of carbonyl (C=O) groups is 2. The van der Waals surface area contributed by atoms with E-state index in [0.29, 0.717) is 12.0 Å². The predicted molar refractivity (Wildman–Crippen MR) is 82.3 cm³/mol. The highest BCUT2D eigenvalue weighted by Crippen LogP contribution is 2.17. The number of rotatable bonds is 8. The maximum Gasteiger partial charge on any atom is 0.422 e. The molecule has 0 aliphatic carbocycles. The van der Waals surface area contributed by atoms with Crippen molar-refractivity contribution in [2.75, 3.05) is 26.7 Å². The van der Waals surface area contributed by atoms with Crippen molar-refractivity contribution in [3.63, 3.8) is 0 Å². The van der Waals surface area contributed by atoms with Gasteiger partial charge in [0, 0.05) is 32.4 Å². The number of amides is 2. The van der Waals surface area contributed by atoms with Crippen LogP contribution in [-0.4, -0.2) is 59.9 Å². The van der Waals surface area contributed by atoms with Gasteiger partial charge in [-0.05, 0) is 12.0 Å². The molecule has 1 rings (SSSR count). The Morgan fingerprint density at radius 3 is 2.60 bits per heavy atom. The molecular weight excluding hydrogens is 343 g/mol. The van der Waals surface area contributed by atoms with Gasteiger partial charge in [-0.1, -0.05) is 13.0 Å². The standard InChI is InChI=1S/C15H20F3N3O4/c1-10(13(22)23)8-21(2)14(24)19-6-5-11-3-4-12(20-7-11)25-9-15(16,17)18/h3-4,7,10H,5-6,8-9H2,1-2H3,(H,19,24)(H,22,23). The van der Waals surface area contributed by atoms with Crippen LogP contribution >= 0.6 is 0 Å². The summed E-state index contributed by atoms with van der Waals surface area (Å²) in [6.45, 7) is 0.444. The smallest absolute Gasteiger partial charge is 0.422 e. The lowest BCUT2D eigenvalue weighted by Crippen LogP contribution is -2.41. The quantitative estimate of drug-likeness (QED) is 0.736. The average Bonchev–Trinajstić information content (AvgIpc) is 2.53. The molecule has 1 aromatic heterocycles. The van der Waals surface area contributed by atoms with Gasteiger partial charge in [-0.15, -0.1) is 0 Å². The summed E-state index contributed by atoms with van der Waals surface area (Å²) in [7, 11) is 1.49. The minimum Gasteiger partial charge on any atom is -0.481 e. The van der Waals surface area contributed by atoms with Crippen LogP contribution in [0.1, 0.15) is 12.5 Å². The Balaban J connectivity index is 2.36. The number of carboxylic acid groups (broad SMARTS) is 1. The molecule has 2 amide bonds. The number of hydrogen-bond donors (Lipinski definition) is 2. The van der Waals surface area contributed by atoms with Crippen molar-refractivity contribution in [2.24, 2.45) is 5.92 Å². The van der Waals surface area contributed by atoms with E-state index >= 15 is 0 Å². The van der Waals surface area contributed by atoms with Crippen molar-refractivity contribution >= 4 is 12.0 Å². The van der Waals surface area contributed by atoms with Gasteiger partial charge in [-0.2, -0.15) is 13.2 Å². The Morgan fingerprint density at radius 1 is 1.40 bits per heavy atom. The average molecular weight is 363 g/mol. The van der Waals surface area contributed by atoms with Gasteiger partial charge in [0.1, 0.15) is 0 Å². The third-order valence-corrected chi connectivity index (χ3v) is 3.19. The van der Waals surface area contributed by atoms with Crippen LogP contribution in [0.2, 0.25) is 0 Å². The molecule has 1 heterocycles. The van der Waals surface area contributed by atoms with E-state index in [4.69, 9.17) is 5.11 Å². The minimum absolute atomic E-state index is 0.0773. The Hall–Kier alpha value is -2.52. The van der Waals surface area contributed by atoms with Gasteiger partial charge in [-0.25, -0.2) is 9.78 Å². The number of aromatic nitrogens is 1. The molecule has 0 fully saturated rings. The fraction of sp³-hybridized carbons (Fsp3) is 0.533. The Morgan fingerprint density at radius 2 is 2.08 bits per heavy atom. The van der Waals surface area contributed by atoms with Crippen LogP contribution in [0, 0.1) is 5.92 Å². The number of halogens is 3. The molecule has 10 heteroatoms. The largest absolute Gasteiger partial charge is 0.481 e. The monoisotopic (exact) mass is 363 g/mol. The second-order valence-corrected chi connectivity index (χ2v) is 5.51. The summed E-state index contributed by atoms with van der Waals surface area (Å²) in [5, 5.41) is 11.4. The zero-order valence-corrected chi connectivity index (χ0v) is 13.8. The van der Waals surface area contributed by atoms with Gasteiger partial charge >= 0.3 is 18.2 Å². The molecule has 0 saturated heterocycles. The fourth-order valence-corrected chi connectivity index (χ4v) is 1.82. The summed E-state index contributed by atoms with van der Waals surface area (Å²) in [6, 6.07) is 2.47. The van der Waals surface area contributed by atoms with Crippen LogP contribution in [0.25, 0.3) is 0 Å². The van der Waals surface area contributed by atoms with Gasteiger partial charge in [-0.3, -0.25) is 4.79 Å². The highest BCUT2D eigenvalue weighted by atomic mass is 19.4. The van der Waals surface area contributed by atoms with Crippen LogP contribution in [0.3, 0.4) is 0 Å². The van der Waals surface area contributed by atoms with Crippen LogP contribution in [-0.2, 0) is 11.2 Å². The third-order valence-electron chi connectivity index (χ3n) is 3.19. The van der Waals surface area contributed by atoms with E-state index in [1.54, 1.807) is 6.07 Å². The van der Waals surface area contributed by atoms with Crippen LogP contribution in [0.5, 0.6) is 5.88 Å². The van der Waals surface area contributed by atoms with E-state index in [0.717, 1.165) is 0 Å². The number of aliphatic carboxylic acids is 1. The number of carbonyl (C=O) groups excluding carboxylic acids is 1. The Labute approximate surface area is 142 Å². The lowest BCUT2D eigenvalue weighted by Gasteiger charge is -2.20. The lowest BCUT2D eigenvalue weighted by molar-refractivity contribution is -0.154. The van der Waals surface area contributed by atoms with Crippen molar-refractivity contribution in [2.45, 2.75) is 19.5 Å². The van der Waals surface area contributed by atoms with E-state index in [9.17, 15) is 22.8 Å². The second kappa shape index (κ2) is 9.09. The van der Waals surface area contributed by atoms with Crippen molar-refractivity contribution in [1.82, 2.24) is 15.2 Å². The molecule has 25 heavy (non-hydrogen) atoms. The van der Waals surface area contributed by atoms with Gasteiger partial charge in [0.15, 0.2) is 6.61 Å². The molecule has 0 aliphatic heterocycles. The maximum absolute atomic E-state index is 12.0. The topological polar surface area (TPSA) is 91.8 Å². The number of ether oxygens (including phenoxy) is 1. The van der Waals surface area contributed by atoms with Gasteiger partial charge in [0.05, 0.1) is 5.92 Å². The molecule has 0 aromatic carbocycles. The number of nitrogens with zero attached hydrogens (tertiary/aromatic N) is 2. The number of alkyl halides is 3. The Bertz CT molecular complexity index is 578. The molecule has 1 aromatic rings. The van der Waals surface area contributed by atoms with E-state index in [1.807, 2.05) is 0 Å². The van der Waals surface area contributed by atoms with E-state index in [-0.39, 0.29) is 19.0 Å². The molecule has 2 N–H and O–H groups in total. The number of carboxylic acids is 1. The van der Waals surface area contributed by atoms with Crippen LogP contribution < -0.4 is 10.1 Å². The first-order valence-electron chi connectivity index (χ1n) is 7.44. The van der Waals surface area contributed by atoms with Crippen molar-refractivity contribution in [3.8, 4) is 5.88 Å². The van der Waals surface area contributed by atoms with E-state index in [1.165, 1.54) is 31.1 Å². The van der Waals surface area contributed by atoms with E-state index in [2.05, 4.69) is 15.0 Å². The van der Waals surface area contributed by atoms with Crippen LogP contribution in [0.4, 0.5) is 18.0 Å². The van der Waals surface area contributed by atoms with Crippen molar-refractivity contribution < 1.29 is 32.6 Å². The van der Waals surface area contributed by atoms with Crippen LogP contribution in [0.15, 0.2) is 18.3 Å². The lowest BCUT2D eigenvalue weighted by atomic mass is 10.2. The minimum atomic E-state index is -4.42. The highest BCUT2D eigenvalue weighted by Gasteiger charge is 2.28. The highest BCUT2D eigenvalue weighted by molar-refractivity contribution is 5.75. The van der Waals surface area contributed by atoms with Crippen molar-refractivity contribution in [1.29, 1.82) is 0 Å². The molecule has 1 unspecified atom stereocenters. The van der Waals surface area contributed by atoms with Gasteiger partial charge in [0.25, 0.3) is 0 Å². The molecule has 140 valence electrons. The molecule has 7 nitrogen and oxygen atoms in total. The second-order valence-electron chi connectivity index (χ2n) is 5.51. The number of hydrogen-bond acceptors (Lipinski definition) is 4. The SMILES string of the molecule is CC(CN(C)C(=O)NCCc1ccc(OCC(F)(F)F)nc1)C(=O)O. The Kier molecular flexibility index (Phi) is 7.46. The van der Waals surface area contributed by atoms with Crippen molar-refractivity contribution in [3.05, 3.63) is 23.9 Å². The molecule has 0 radical (unpaired) electrons. The summed E-state index contributed by atoms with van der Waals surface area (Å²) in [5.41, 5.74) is 0.709. The summed E-state index contributed by atoms with van der Waals surface area (Å²) in [5.74, 6) is -1.80. The van der Waals surface area contributed by atoms with Gasteiger partial charge < -0.3 is 20.1 Å². The molecule has 0 bridgehead atoms. The first-order chi connectivity index (χ1) is 11.6. The molecular formula is C15H20F3N3O4. The summed E-state index contributed by atoms with van der Waals surface area (Å²) in [6.07, 6.45) is -2.64. The molecule has 0 aliphatic rings. The predicted octanol–water partition coefficient (Wildman–Crippen LogP) is 1.93. The molecule has 0 saturated carbocycles. The number of pyridine rings is 1. The maximum atomic E-state index is 12.0. The molecule has 1 atom stereocenters. The zero-order chi connectivity index (χ0) is 19.0. The number of urea groups is 1. The number of nitrogens with one attached hydrogen (secondary N) is 1. The normalized spacial score (nSPS) is 12.4.